The number of anilines is 1. The summed E-state index contributed by atoms with van der Waals surface area (Å²) in [6.45, 7) is 5.25. The van der Waals surface area contributed by atoms with Crippen molar-refractivity contribution in [2.24, 2.45) is 0 Å². The number of carbonyl (C=O) groups is 3. The van der Waals surface area contributed by atoms with Crippen LogP contribution in [0.25, 0.3) is 21.7 Å². The number of urea groups is 1. The fraction of sp³-hybridized carbons (Fsp3) is 0.600. The predicted molar refractivity (Wildman–Crippen MR) is 213 cm³/mol. The van der Waals surface area contributed by atoms with E-state index in [9.17, 15) is 27.6 Å². The fourth-order valence-electron chi connectivity index (χ4n) is 7.99. The Labute approximate surface area is 340 Å². The average Bonchev–Trinajstić information content (AvgIpc) is 4.01. The van der Waals surface area contributed by atoms with Crippen LogP contribution in [-0.2, 0) is 15.7 Å². The number of thiazole rings is 1. The van der Waals surface area contributed by atoms with Crippen LogP contribution in [0.15, 0.2) is 23.8 Å². The summed E-state index contributed by atoms with van der Waals surface area (Å²) in [4.78, 5) is 60.3. The number of likely N-dealkylation sites (tertiary alicyclic amines) is 3. The largest absolute Gasteiger partial charge is 0.477 e. The molecule has 316 valence electrons. The molecule has 6 rings (SSSR count). The monoisotopic (exact) mass is 830 g/mol. The molecule has 58 heavy (non-hydrogen) atoms. The second-order valence-corrected chi connectivity index (χ2v) is 16.0. The van der Waals surface area contributed by atoms with E-state index >= 15 is 0 Å². The molecule has 3 aliphatic rings. The average molecular weight is 831 g/mol. The summed E-state index contributed by atoms with van der Waals surface area (Å²) in [6, 6.07) is 1.56. The van der Waals surface area contributed by atoms with Gasteiger partial charge in [0, 0.05) is 59.1 Å². The standard InChI is InChI=1S/C40H53F3N8O6S/c1-5-44-39(54)48-34-33(38(53)57-20-14-28-11-8-17-51(28)4)32(36-47-31(24-58-36)40(41,42)43)30(23-45-34)29-21-25(37(52)56-19-13-27-10-7-16-50(27)3)22-46-35(29)55-18-12-26-9-6-15-49(26)2/h21-24,26-28H,5-20H2,1-4H3,(H2,44,45,48,54). The van der Waals surface area contributed by atoms with Crippen molar-refractivity contribution in [2.75, 3.05) is 72.5 Å². The first kappa shape index (κ1) is 43.2. The summed E-state index contributed by atoms with van der Waals surface area (Å²) >= 11 is 0.663. The number of pyridine rings is 2. The van der Waals surface area contributed by atoms with Crippen molar-refractivity contribution in [3.63, 3.8) is 0 Å². The molecule has 14 nitrogen and oxygen atoms in total. The Kier molecular flexibility index (Phi) is 14.6. The summed E-state index contributed by atoms with van der Waals surface area (Å²) in [7, 11) is 6.09. The minimum atomic E-state index is -4.79. The van der Waals surface area contributed by atoms with Gasteiger partial charge in [-0.15, -0.1) is 11.3 Å². The normalized spacial score (nSPS) is 20.4. The summed E-state index contributed by atoms with van der Waals surface area (Å²) in [6.07, 6.45) is 5.80. The Hall–Kier alpha value is -4.39. The van der Waals surface area contributed by atoms with Crippen molar-refractivity contribution in [2.45, 2.75) is 89.0 Å². The molecule has 0 spiro atoms. The van der Waals surface area contributed by atoms with Crippen LogP contribution in [0.4, 0.5) is 23.8 Å². The highest BCUT2D eigenvalue weighted by Gasteiger charge is 2.36. The molecule has 0 aromatic carbocycles. The number of rotatable bonds is 16. The van der Waals surface area contributed by atoms with E-state index in [1.165, 1.54) is 18.5 Å². The van der Waals surface area contributed by atoms with Gasteiger partial charge in [0.15, 0.2) is 5.69 Å². The maximum absolute atomic E-state index is 14.3. The SMILES string of the molecule is CCNC(=O)Nc1ncc(-c2cc(C(=O)OCCC3CCCN3C)cnc2OCCC2CCCN2C)c(-c2nc(C(F)(F)F)cs2)c1C(=O)OCCC1CCCN1C. The van der Waals surface area contributed by atoms with Crippen LogP contribution in [0.5, 0.6) is 5.88 Å². The van der Waals surface area contributed by atoms with Crippen molar-refractivity contribution < 1.29 is 41.8 Å². The number of nitrogens with one attached hydrogen (secondary N) is 2. The van der Waals surface area contributed by atoms with Gasteiger partial charge in [-0.2, -0.15) is 13.2 Å². The number of ether oxygens (including phenoxy) is 3. The van der Waals surface area contributed by atoms with Crippen LogP contribution in [0, 0.1) is 0 Å². The molecule has 3 saturated heterocycles. The third-order valence-electron chi connectivity index (χ3n) is 11.3. The number of hydrogen-bond donors (Lipinski definition) is 2. The number of nitrogens with zero attached hydrogens (tertiary/aromatic N) is 6. The van der Waals surface area contributed by atoms with Gasteiger partial charge in [0.05, 0.1) is 25.4 Å². The highest BCUT2D eigenvalue weighted by Crippen LogP contribution is 2.44. The van der Waals surface area contributed by atoms with Crippen LogP contribution >= 0.6 is 11.3 Å². The van der Waals surface area contributed by atoms with Gasteiger partial charge in [-0.3, -0.25) is 5.32 Å². The highest BCUT2D eigenvalue weighted by molar-refractivity contribution is 7.13. The molecule has 3 aromatic rings. The van der Waals surface area contributed by atoms with Gasteiger partial charge in [-0.05, 0) is 112 Å². The Balaban J connectivity index is 1.44. The maximum Gasteiger partial charge on any atom is 0.434 e. The van der Waals surface area contributed by atoms with Crippen LogP contribution in [-0.4, -0.2) is 133 Å². The number of hydrogen-bond acceptors (Lipinski definition) is 13. The zero-order chi connectivity index (χ0) is 41.4. The van der Waals surface area contributed by atoms with Crippen LogP contribution in [0.2, 0.25) is 0 Å². The molecule has 18 heteroatoms. The van der Waals surface area contributed by atoms with Crippen molar-refractivity contribution in [1.29, 1.82) is 0 Å². The molecule has 2 amide bonds. The summed E-state index contributed by atoms with van der Waals surface area (Å²) in [5, 5.41) is 5.82. The van der Waals surface area contributed by atoms with E-state index in [-0.39, 0.29) is 83.0 Å². The van der Waals surface area contributed by atoms with Gasteiger partial charge >= 0.3 is 24.1 Å². The lowest BCUT2D eigenvalue weighted by Gasteiger charge is -2.21. The van der Waals surface area contributed by atoms with Gasteiger partial charge in [0.25, 0.3) is 0 Å². The molecule has 3 atom stereocenters. The molecule has 0 bridgehead atoms. The molecular formula is C40H53F3N8O6S. The molecule has 6 heterocycles. The lowest BCUT2D eigenvalue weighted by molar-refractivity contribution is -0.140. The van der Waals surface area contributed by atoms with Gasteiger partial charge in [-0.1, -0.05) is 0 Å². The molecule has 0 saturated carbocycles. The highest BCUT2D eigenvalue weighted by atomic mass is 32.1. The second-order valence-electron chi connectivity index (χ2n) is 15.2. The summed E-state index contributed by atoms with van der Waals surface area (Å²) in [5.41, 5.74) is -1.25. The zero-order valence-corrected chi connectivity index (χ0v) is 34.3. The topological polar surface area (TPSA) is 151 Å². The van der Waals surface area contributed by atoms with E-state index in [2.05, 4.69) is 47.3 Å². The molecule has 3 aromatic heterocycles. The molecule has 3 fully saturated rings. The van der Waals surface area contributed by atoms with E-state index < -0.39 is 29.8 Å². The first-order valence-corrected chi connectivity index (χ1v) is 20.9. The summed E-state index contributed by atoms with van der Waals surface area (Å²) < 4.78 is 60.1. The van der Waals surface area contributed by atoms with Gasteiger partial charge < -0.3 is 34.2 Å². The fourth-order valence-corrected chi connectivity index (χ4v) is 8.88. The van der Waals surface area contributed by atoms with E-state index in [0.717, 1.165) is 63.5 Å². The third kappa shape index (κ3) is 10.6. The number of amides is 2. The van der Waals surface area contributed by atoms with Crippen molar-refractivity contribution in [3.8, 4) is 27.6 Å². The molecule has 3 aliphatic heterocycles. The minimum absolute atomic E-state index is 0.00722. The number of carbonyl (C=O) groups excluding carboxylic acids is 3. The first-order valence-electron chi connectivity index (χ1n) is 20.0. The Morgan fingerprint density at radius 2 is 1.41 bits per heavy atom. The molecular weight excluding hydrogens is 778 g/mol. The van der Waals surface area contributed by atoms with Crippen molar-refractivity contribution in [1.82, 2.24) is 35.0 Å². The number of esters is 2. The van der Waals surface area contributed by atoms with Crippen molar-refractivity contribution in [3.05, 3.63) is 40.7 Å². The quantitative estimate of drug-likeness (QED) is 0.150. The molecule has 0 radical (unpaired) electrons. The predicted octanol–water partition coefficient (Wildman–Crippen LogP) is 6.57. The van der Waals surface area contributed by atoms with Gasteiger partial charge in [0.2, 0.25) is 5.88 Å². The van der Waals surface area contributed by atoms with Crippen LogP contribution < -0.4 is 15.4 Å². The molecule has 0 aliphatic carbocycles. The lowest BCUT2D eigenvalue weighted by atomic mass is 9.97. The Morgan fingerprint density at radius 3 is 1.95 bits per heavy atom. The van der Waals surface area contributed by atoms with E-state index in [1.54, 1.807) is 6.92 Å². The number of aromatic nitrogens is 3. The Morgan fingerprint density at radius 1 is 0.828 bits per heavy atom. The first-order chi connectivity index (χ1) is 27.8. The van der Waals surface area contributed by atoms with Crippen molar-refractivity contribution >= 4 is 35.1 Å². The zero-order valence-electron chi connectivity index (χ0n) is 33.5. The smallest absolute Gasteiger partial charge is 0.434 e. The minimum Gasteiger partial charge on any atom is -0.477 e. The molecule has 2 N–H and O–H groups in total. The van der Waals surface area contributed by atoms with E-state index in [4.69, 9.17) is 14.2 Å². The van der Waals surface area contributed by atoms with E-state index in [1.807, 2.05) is 14.1 Å². The lowest BCUT2D eigenvalue weighted by Crippen LogP contribution is -2.30. The number of halogens is 3. The van der Waals surface area contributed by atoms with Gasteiger partial charge in [0.1, 0.15) is 16.4 Å². The van der Waals surface area contributed by atoms with Crippen LogP contribution in [0.3, 0.4) is 0 Å². The van der Waals surface area contributed by atoms with E-state index in [0.29, 0.717) is 36.6 Å². The number of alkyl halides is 3. The van der Waals surface area contributed by atoms with Gasteiger partial charge in [-0.25, -0.2) is 29.3 Å². The second kappa shape index (κ2) is 19.6. The Bertz CT molecular complexity index is 1910. The van der Waals surface area contributed by atoms with Crippen LogP contribution in [0.1, 0.15) is 91.1 Å². The molecule has 3 unspecified atom stereocenters. The summed E-state index contributed by atoms with van der Waals surface area (Å²) in [5.74, 6) is -1.76. The maximum atomic E-state index is 14.3. The third-order valence-corrected chi connectivity index (χ3v) is 12.2.